The highest BCUT2D eigenvalue weighted by atomic mass is 19.1. The van der Waals surface area contributed by atoms with Gasteiger partial charge in [0.15, 0.2) is 0 Å². The zero-order valence-corrected chi connectivity index (χ0v) is 12.6. The molecule has 0 fully saturated rings. The van der Waals surface area contributed by atoms with Crippen LogP contribution in [0.15, 0.2) is 42.6 Å². The zero-order chi connectivity index (χ0) is 15.1. The third kappa shape index (κ3) is 4.83. The Kier molecular flexibility index (Phi) is 5.69. The zero-order valence-electron chi connectivity index (χ0n) is 12.6. The summed E-state index contributed by atoms with van der Waals surface area (Å²) >= 11 is 0. The Morgan fingerprint density at radius 1 is 1.19 bits per heavy atom. The van der Waals surface area contributed by atoms with E-state index in [9.17, 15) is 4.39 Å². The lowest BCUT2D eigenvalue weighted by Crippen LogP contribution is -2.18. The predicted octanol–water partition coefficient (Wildman–Crippen LogP) is 3.36. The molecule has 1 heterocycles. The van der Waals surface area contributed by atoms with Gasteiger partial charge in [-0.25, -0.2) is 4.39 Å². The van der Waals surface area contributed by atoms with Crippen molar-refractivity contribution in [1.29, 1.82) is 0 Å². The van der Waals surface area contributed by atoms with Crippen LogP contribution in [-0.4, -0.2) is 18.6 Å². The van der Waals surface area contributed by atoms with Crippen molar-refractivity contribution in [2.24, 2.45) is 0 Å². The van der Waals surface area contributed by atoms with Gasteiger partial charge in [0.2, 0.25) is 0 Å². The molecule has 4 heteroatoms. The van der Waals surface area contributed by atoms with Crippen molar-refractivity contribution in [2.75, 3.05) is 18.5 Å². The van der Waals surface area contributed by atoms with Gasteiger partial charge in [-0.15, -0.1) is 0 Å². The molecule has 3 nitrogen and oxygen atoms in total. The van der Waals surface area contributed by atoms with Crippen LogP contribution in [-0.2, 0) is 13.1 Å². The van der Waals surface area contributed by atoms with Gasteiger partial charge in [0.05, 0.1) is 5.69 Å². The Hall–Kier alpha value is -1.94. The molecule has 21 heavy (non-hydrogen) atoms. The third-order valence-electron chi connectivity index (χ3n) is 3.31. The second-order valence-electron chi connectivity index (χ2n) is 5.16. The van der Waals surface area contributed by atoms with Crippen LogP contribution in [0.2, 0.25) is 0 Å². The third-order valence-corrected chi connectivity index (χ3v) is 3.31. The maximum Gasteiger partial charge on any atom is 0.123 e. The molecule has 0 bridgehead atoms. The van der Waals surface area contributed by atoms with Gasteiger partial charge < -0.3 is 10.2 Å². The van der Waals surface area contributed by atoms with Crippen LogP contribution in [0.4, 0.5) is 10.1 Å². The first kappa shape index (κ1) is 15.4. The van der Waals surface area contributed by atoms with Gasteiger partial charge in [0.1, 0.15) is 5.82 Å². The summed E-state index contributed by atoms with van der Waals surface area (Å²) in [6.45, 7) is 4.67. The molecule has 1 aromatic heterocycles. The smallest absolute Gasteiger partial charge is 0.123 e. The molecule has 0 aliphatic carbocycles. The molecule has 0 saturated heterocycles. The lowest BCUT2D eigenvalue weighted by molar-refractivity contribution is 0.627. The summed E-state index contributed by atoms with van der Waals surface area (Å²) in [5.41, 5.74) is 3.23. The summed E-state index contributed by atoms with van der Waals surface area (Å²) < 4.78 is 12.9. The highest BCUT2D eigenvalue weighted by molar-refractivity contribution is 5.46. The number of aromatic nitrogens is 1. The molecule has 0 amide bonds. The van der Waals surface area contributed by atoms with E-state index in [1.807, 2.05) is 31.4 Å². The van der Waals surface area contributed by atoms with Crippen LogP contribution < -0.4 is 10.2 Å². The Bertz CT molecular complexity index is 554. The average molecular weight is 287 g/mol. The van der Waals surface area contributed by atoms with Crippen molar-refractivity contribution >= 4 is 5.69 Å². The fourth-order valence-corrected chi connectivity index (χ4v) is 2.15. The largest absolute Gasteiger partial charge is 0.370 e. The highest BCUT2D eigenvalue weighted by Crippen LogP contribution is 2.16. The molecule has 2 rings (SSSR count). The Morgan fingerprint density at radius 3 is 2.67 bits per heavy atom. The predicted molar refractivity (Wildman–Crippen MR) is 84.7 cm³/mol. The Balaban J connectivity index is 1.99. The van der Waals surface area contributed by atoms with Gasteiger partial charge in [-0.1, -0.05) is 19.1 Å². The number of nitrogens with zero attached hydrogens (tertiary/aromatic N) is 2. The minimum Gasteiger partial charge on any atom is -0.370 e. The maximum absolute atomic E-state index is 12.9. The van der Waals surface area contributed by atoms with E-state index in [2.05, 4.69) is 28.2 Å². The number of hydrogen-bond acceptors (Lipinski definition) is 3. The number of hydrogen-bond donors (Lipinski definition) is 1. The maximum atomic E-state index is 12.9. The van der Waals surface area contributed by atoms with Crippen molar-refractivity contribution in [1.82, 2.24) is 10.3 Å². The summed E-state index contributed by atoms with van der Waals surface area (Å²) in [6.07, 6.45) is 2.95. The molecule has 0 atom stereocenters. The first-order chi connectivity index (χ1) is 10.2. The summed E-state index contributed by atoms with van der Waals surface area (Å²) in [5.74, 6) is -0.199. The fraction of sp³-hybridized carbons (Fsp3) is 0.353. The van der Waals surface area contributed by atoms with E-state index >= 15 is 0 Å². The van der Waals surface area contributed by atoms with Gasteiger partial charge in [0.25, 0.3) is 0 Å². The topological polar surface area (TPSA) is 28.2 Å². The standard InChI is InChI=1S/C17H22FN3/c1-3-9-19-12-16-11-17(8-10-20-16)21(2)13-14-4-6-15(18)7-5-14/h4-8,10-11,19H,3,9,12-13H2,1-2H3. The molecule has 0 saturated carbocycles. The van der Waals surface area contributed by atoms with Crippen LogP contribution in [0.5, 0.6) is 0 Å². The normalized spacial score (nSPS) is 10.6. The molecule has 0 aliphatic heterocycles. The summed E-state index contributed by atoms with van der Waals surface area (Å²) in [4.78, 5) is 6.51. The van der Waals surface area contributed by atoms with E-state index in [1.54, 1.807) is 0 Å². The summed E-state index contributed by atoms with van der Waals surface area (Å²) in [5, 5.41) is 3.35. The quantitative estimate of drug-likeness (QED) is 0.792. The first-order valence-corrected chi connectivity index (χ1v) is 7.30. The van der Waals surface area contributed by atoms with Gasteiger partial charge in [-0.05, 0) is 42.8 Å². The molecule has 2 aromatic rings. The van der Waals surface area contributed by atoms with E-state index in [-0.39, 0.29) is 5.82 Å². The molecule has 1 N–H and O–H groups in total. The van der Waals surface area contributed by atoms with Crippen LogP contribution >= 0.6 is 0 Å². The van der Waals surface area contributed by atoms with Crippen molar-refractivity contribution in [3.63, 3.8) is 0 Å². The molecule has 112 valence electrons. The van der Waals surface area contributed by atoms with Crippen LogP contribution in [0.3, 0.4) is 0 Å². The summed E-state index contributed by atoms with van der Waals surface area (Å²) in [6, 6.07) is 10.7. The Morgan fingerprint density at radius 2 is 1.95 bits per heavy atom. The van der Waals surface area contributed by atoms with Crippen molar-refractivity contribution < 1.29 is 4.39 Å². The van der Waals surface area contributed by atoms with Crippen LogP contribution in [0, 0.1) is 5.82 Å². The second-order valence-corrected chi connectivity index (χ2v) is 5.16. The minimum atomic E-state index is -0.199. The summed E-state index contributed by atoms with van der Waals surface area (Å²) in [7, 11) is 2.03. The van der Waals surface area contributed by atoms with Gasteiger partial charge in [0, 0.05) is 32.0 Å². The lowest BCUT2D eigenvalue weighted by atomic mass is 10.2. The molecular weight excluding hydrogens is 265 g/mol. The van der Waals surface area contributed by atoms with Crippen molar-refractivity contribution in [2.45, 2.75) is 26.4 Å². The molecule has 0 aliphatic rings. The number of pyridine rings is 1. The van der Waals surface area contributed by atoms with E-state index in [0.717, 1.165) is 43.0 Å². The number of halogens is 1. The van der Waals surface area contributed by atoms with E-state index < -0.39 is 0 Å². The SMILES string of the molecule is CCCNCc1cc(N(C)Cc2ccc(F)cc2)ccn1. The monoisotopic (exact) mass is 287 g/mol. The van der Waals surface area contributed by atoms with E-state index in [1.165, 1.54) is 12.1 Å². The van der Waals surface area contributed by atoms with Gasteiger partial charge in [-0.3, -0.25) is 4.98 Å². The molecule has 1 aromatic carbocycles. The van der Waals surface area contributed by atoms with E-state index in [0.29, 0.717) is 0 Å². The fourth-order valence-electron chi connectivity index (χ4n) is 2.15. The minimum absolute atomic E-state index is 0.199. The van der Waals surface area contributed by atoms with Crippen molar-refractivity contribution in [3.05, 3.63) is 59.7 Å². The number of anilines is 1. The van der Waals surface area contributed by atoms with Gasteiger partial charge >= 0.3 is 0 Å². The second kappa shape index (κ2) is 7.74. The Labute approximate surface area is 125 Å². The van der Waals surface area contributed by atoms with E-state index in [4.69, 9.17) is 0 Å². The average Bonchev–Trinajstić information content (AvgIpc) is 2.50. The van der Waals surface area contributed by atoms with Crippen molar-refractivity contribution in [3.8, 4) is 0 Å². The lowest BCUT2D eigenvalue weighted by Gasteiger charge is -2.20. The molecule has 0 spiro atoms. The number of nitrogens with one attached hydrogen (secondary N) is 1. The van der Waals surface area contributed by atoms with Gasteiger partial charge in [-0.2, -0.15) is 0 Å². The molecular formula is C17H22FN3. The first-order valence-electron chi connectivity index (χ1n) is 7.30. The highest BCUT2D eigenvalue weighted by Gasteiger charge is 2.04. The number of rotatable bonds is 7. The molecule has 0 unspecified atom stereocenters. The number of benzene rings is 1. The van der Waals surface area contributed by atoms with Crippen LogP contribution in [0.1, 0.15) is 24.6 Å². The van der Waals surface area contributed by atoms with Crippen LogP contribution in [0.25, 0.3) is 0 Å². The molecule has 0 radical (unpaired) electrons.